The van der Waals surface area contributed by atoms with Crippen LogP contribution in [0.4, 0.5) is 13.2 Å². The fourth-order valence-corrected chi connectivity index (χ4v) is 3.19. The molecule has 0 amide bonds. The highest BCUT2D eigenvalue weighted by molar-refractivity contribution is 6.33. The molecule has 0 aliphatic heterocycles. The second-order valence-corrected chi connectivity index (χ2v) is 7.10. The average molecular weight is 431 g/mol. The fourth-order valence-electron chi connectivity index (χ4n) is 2.65. The lowest BCUT2D eigenvalue weighted by Crippen LogP contribution is -2.19. The van der Waals surface area contributed by atoms with Crippen LogP contribution in [0.5, 0.6) is 0 Å². The van der Waals surface area contributed by atoms with E-state index < -0.39 is 18.1 Å². The van der Waals surface area contributed by atoms with Crippen LogP contribution >= 0.6 is 23.2 Å². The minimum absolute atomic E-state index is 0.0612. The van der Waals surface area contributed by atoms with Crippen molar-refractivity contribution in [3.8, 4) is 0 Å². The van der Waals surface area contributed by atoms with Gasteiger partial charge in [-0.15, -0.1) is 0 Å². The molecule has 2 rings (SSSR count). The smallest absolute Gasteiger partial charge is 0.399 e. The van der Waals surface area contributed by atoms with Crippen LogP contribution in [-0.2, 0) is 4.74 Å². The molecule has 0 aliphatic rings. The molecule has 7 heteroatoms. The number of carbonyl (C=O) groups excluding carboxylic acids is 1. The largest absolute Gasteiger partial charge is 0.462 e. The number of halogens is 5. The maximum absolute atomic E-state index is 13.6. The molecule has 150 valence electrons. The molecule has 1 atom stereocenters. The van der Waals surface area contributed by atoms with Crippen molar-refractivity contribution in [2.75, 3.05) is 6.61 Å². The van der Waals surface area contributed by atoms with Gasteiger partial charge in [-0.1, -0.05) is 47.5 Å². The summed E-state index contributed by atoms with van der Waals surface area (Å²) in [5.74, 6) is -2.41. The first-order valence-corrected chi connectivity index (χ1v) is 9.28. The van der Waals surface area contributed by atoms with Gasteiger partial charge in [-0.2, -0.15) is 13.2 Å². The van der Waals surface area contributed by atoms with Crippen LogP contribution < -0.4 is 0 Å². The van der Waals surface area contributed by atoms with Crippen LogP contribution in [0, 0.1) is 13.8 Å². The van der Waals surface area contributed by atoms with E-state index in [-0.39, 0.29) is 22.8 Å². The molecule has 2 nitrogen and oxygen atoms in total. The number of benzene rings is 2. The Kier molecular flexibility index (Phi) is 7.18. The molecule has 0 saturated heterocycles. The monoisotopic (exact) mass is 430 g/mol. The standard InChI is InChI=1S/C21H19Cl2F3O2/c1-4-28-20(27)16-7-5-14(10-19(16)23)6-8-17(21(24,25)26)15-9-12(2)13(3)18(22)11-15/h5-11,17H,4H2,1-3H3/b8-6+. The Morgan fingerprint density at radius 2 is 1.82 bits per heavy atom. The summed E-state index contributed by atoms with van der Waals surface area (Å²) in [6, 6.07) is 7.18. The molecule has 28 heavy (non-hydrogen) atoms. The summed E-state index contributed by atoms with van der Waals surface area (Å²) >= 11 is 12.1. The van der Waals surface area contributed by atoms with Crippen molar-refractivity contribution < 1.29 is 22.7 Å². The molecule has 0 heterocycles. The molecular formula is C21H19Cl2F3O2. The van der Waals surface area contributed by atoms with Crippen molar-refractivity contribution in [3.63, 3.8) is 0 Å². The number of hydrogen-bond donors (Lipinski definition) is 0. The first-order valence-electron chi connectivity index (χ1n) is 8.52. The fraction of sp³-hybridized carbons (Fsp3) is 0.286. The molecule has 0 N–H and O–H groups in total. The van der Waals surface area contributed by atoms with Gasteiger partial charge in [0.15, 0.2) is 0 Å². The number of allylic oxidation sites excluding steroid dienone is 1. The van der Waals surface area contributed by atoms with E-state index in [0.717, 1.165) is 11.6 Å². The zero-order valence-electron chi connectivity index (χ0n) is 15.5. The van der Waals surface area contributed by atoms with Crippen LogP contribution in [0.15, 0.2) is 36.4 Å². The van der Waals surface area contributed by atoms with Gasteiger partial charge in [0.1, 0.15) is 0 Å². The molecule has 0 fully saturated rings. The van der Waals surface area contributed by atoms with Crippen molar-refractivity contribution in [3.05, 3.63) is 74.3 Å². The molecule has 0 aliphatic carbocycles. The van der Waals surface area contributed by atoms with Crippen LogP contribution in [0.1, 0.15) is 45.5 Å². The first kappa shape index (κ1) is 22.3. The van der Waals surface area contributed by atoms with E-state index in [9.17, 15) is 18.0 Å². The van der Waals surface area contributed by atoms with Gasteiger partial charge >= 0.3 is 12.1 Å². The second-order valence-electron chi connectivity index (χ2n) is 6.28. The van der Waals surface area contributed by atoms with Crippen molar-refractivity contribution in [1.29, 1.82) is 0 Å². The van der Waals surface area contributed by atoms with Gasteiger partial charge in [0, 0.05) is 5.02 Å². The quantitative estimate of drug-likeness (QED) is 0.470. The average Bonchev–Trinajstić information content (AvgIpc) is 2.58. The lowest BCUT2D eigenvalue weighted by molar-refractivity contribution is -0.139. The van der Waals surface area contributed by atoms with Gasteiger partial charge in [0.2, 0.25) is 0 Å². The predicted octanol–water partition coefficient (Wildman–Crippen LogP) is 7.15. The van der Waals surface area contributed by atoms with Crippen molar-refractivity contribution in [2.24, 2.45) is 0 Å². The predicted molar refractivity (Wildman–Crippen MR) is 106 cm³/mol. The molecule has 0 radical (unpaired) electrons. The van der Waals surface area contributed by atoms with E-state index >= 15 is 0 Å². The highest BCUT2D eigenvalue weighted by Crippen LogP contribution is 2.38. The van der Waals surface area contributed by atoms with Crippen LogP contribution in [0.25, 0.3) is 6.08 Å². The zero-order valence-corrected chi connectivity index (χ0v) is 17.0. The Morgan fingerprint density at radius 3 is 2.36 bits per heavy atom. The summed E-state index contributed by atoms with van der Waals surface area (Å²) < 4.78 is 45.8. The number of esters is 1. The summed E-state index contributed by atoms with van der Waals surface area (Å²) in [6.07, 6.45) is -2.12. The highest BCUT2D eigenvalue weighted by Gasteiger charge is 2.39. The topological polar surface area (TPSA) is 26.3 Å². The Morgan fingerprint density at radius 1 is 1.14 bits per heavy atom. The molecule has 0 bridgehead atoms. The van der Waals surface area contributed by atoms with Gasteiger partial charge in [-0.3, -0.25) is 0 Å². The molecular weight excluding hydrogens is 412 g/mol. The summed E-state index contributed by atoms with van der Waals surface area (Å²) in [5, 5.41) is 0.401. The van der Waals surface area contributed by atoms with Gasteiger partial charge < -0.3 is 4.74 Å². The number of ether oxygens (including phenoxy) is 1. The van der Waals surface area contributed by atoms with E-state index in [0.29, 0.717) is 16.1 Å². The number of aryl methyl sites for hydroxylation is 1. The number of alkyl halides is 3. The lowest BCUT2D eigenvalue weighted by atomic mass is 9.94. The normalized spacial score (nSPS) is 13.0. The molecule has 0 saturated carbocycles. The molecule has 2 aromatic rings. The second kappa shape index (κ2) is 9.01. The summed E-state index contributed by atoms with van der Waals surface area (Å²) in [6.45, 7) is 5.34. The van der Waals surface area contributed by atoms with E-state index in [4.69, 9.17) is 27.9 Å². The van der Waals surface area contributed by atoms with Gasteiger partial charge in [-0.05, 0) is 61.2 Å². The molecule has 0 spiro atoms. The van der Waals surface area contributed by atoms with Gasteiger partial charge in [-0.25, -0.2) is 4.79 Å². The van der Waals surface area contributed by atoms with Gasteiger partial charge in [0.05, 0.1) is 23.1 Å². The maximum atomic E-state index is 13.6. The number of carbonyl (C=O) groups is 1. The summed E-state index contributed by atoms with van der Waals surface area (Å²) in [4.78, 5) is 11.8. The van der Waals surface area contributed by atoms with Crippen LogP contribution in [-0.4, -0.2) is 18.8 Å². The molecule has 0 aromatic heterocycles. The minimum Gasteiger partial charge on any atom is -0.462 e. The Labute approximate surface area is 171 Å². The van der Waals surface area contributed by atoms with Crippen molar-refractivity contribution in [2.45, 2.75) is 32.9 Å². The van der Waals surface area contributed by atoms with E-state index in [1.807, 2.05) is 0 Å². The third-order valence-corrected chi connectivity index (χ3v) is 5.01. The Bertz CT molecular complexity index is 882. The van der Waals surface area contributed by atoms with E-state index in [2.05, 4.69) is 0 Å². The van der Waals surface area contributed by atoms with Crippen LogP contribution in [0.2, 0.25) is 10.0 Å². The Balaban J connectivity index is 2.37. The third kappa shape index (κ3) is 5.30. The molecule has 2 aromatic carbocycles. The van der Waals surface area contributed by atoms with E-state index in [1.54, 1.807) is 20.8 Å². The van der Waals surface area contributed by atoms with E-state index in [1.165, 1.54) is 36.4 Å². The van der Waals surface area contributed by atoms with Crippen molar-refractivity contribution >= 4 is 35.2 Å². The minimum atomic E-state index is -4.49. The summed E-state index contributed by atoms with van der Waals surface area (Å²) in [7, 11) is 0. The molecule has 1 unspecified atom stereocenters. The zero-order chi connectivity index (χ0) is 21.1. The maximum Gasteiger partial charge on any atom is 0.399 e. The third-order valence-electron chi connectivity index (χ3n) is 4.31. The number of hydrogen-bond acceptors (Lipinski definition) is 2. The number of rotatable bonds is 5. The lowest BCUT2D eigenvalue weighted by Gasteiger charge is -2.19. The first-order chi connectivity index (χ1) is 13.0. The Hall–Kier alpha value is -1.98. The highest BCUT2D eigenvalue weighted by atomic mass is 35.5. The van der Waals surface area contributed by atoms with Gasteiger partial charge in [0.25, 0.3) is 0 Å². The SMILES string of the molecule is CCOC(=O)c1ccc(/C=C/C(c2cc(C)c(C)c(Cl)c2)C(F)(F)F)cc1Cl. The summed E-state index contributed by atoms with van der Waals surface area (Å²) in [5.41, 5.74) is 2.09. The van der Waals surface area contributed by atoms with Crippen LogP contribution in [0.3, 0.4) is 0 Å². The van der Waals surface area contributed by atoms with Crippen molar-refractivity contribution in [1.82, 2.24) is 0 Å².